The van der Waals surface area contributed by atoms with Gasteiger partial charge in [-0.2, -0.15) is 0 Å². The molecule has 1 N–H and O–H groups in total. The lowest BCUT2D eigenvalue weighted by Gasteiger charge is -2.12. The first-order valence-electron chi connectivity index (χ1n) is 8.26. The standard InChI is InChI=1S/C20H27NO.ClH/c1-3-4-7-14-21-15-19-8-5-6-9-20(19)22-16-18-12-10-17(2)11-13-18;/h5-6,8-13,21H,3-4,7,14-16H2,1-2H3;1H. The lowest BCUT2D eigenvalue weighted by atomic mass is 10.1. The van der Waals surface area contributed by atoms with Crippen molar-refractivity contribution in [3.63, 3.8) is 0 Å². The molecule has 3 heteroatoms. The van der Waals surface area contributed by atoms with Crippen molar-refractivity contribution < 1.29 is 4.74 Å². The predicted molar refractivity (Wildman–Crippen MR) is 100 cm³/mol. The number of unbranched alkanes of at least 4 members (excludes halogenated alkanes) is 2. The quantitative estimate of drug-likeness (QED) is 0.631. The summed E-state index contributed by atoms with van der Waals surface area (Å²) in [5.74, 6) is 0.978. The SMILES string of the molecule is CCCCCNCc1ccccc1OCc1ccc(C)cc1.Cl. The molecule has 0 radical (unpaired) electrons. The zero-order valence-corrected chi connectivity index (χ0v) is 15.0. The van der Waals surface area contributed by atoms with Crippen LogP contribution in [0.4, 0.5) is 0 Å². The average molecular weight is 334 g/mol. The van der Waals surface area contributed by atoms with Crippen LogP contribution in [-0.4, -0.2) is 6.54 Å². The number of hydrogen-bond donors (Lipinski definition) is 1. The Bertz CT molecular complexity index is 554. The molecule has 0 heterocycles. The molecule has 0 saturated heterocycles. The molecule has 0 spiro atoms. The van der Waals surface area contributed by atoms with E-state index in [9.17, 15) is 0 Å². The van der Waals surface area contributed by atoms with Gasteiger partial charge in [-0.25, -0.2) is 0 Å². The summed E-state index contributed by atoms with van der Waals surface area (Å²) in [5, 5.41) is 3.50. The summed E-state index contributed by atoms with van der Waals surface area (Å²) in [6.07, 6.45) is 3.79. The molecular formula is C20H28ClNO. The summed E-state index contributed by atoms with van der Waals surface area (Å²) in [7, 11) is 0. The fraction of sp³-hybridized carbons (Fsp3) is 0.400. The molecule has 23 heavy (non-hydrogen) atoms. The second kappa shape index (κ2) is 11.1. The van der Waals surface area contributed by atoms with Gasteiger partial charge in [0, 0.05) is 12.1 Å². The first-order chi connectivity index (χ1) is 10.8. The maximum absolute atomic E-state index is 6.00. The van der Waals surface area contributed by atoms with Gasteiger partial charge in [0.2, 0.25) is 0 Å². The summed E-state index contributed by atoms with van der Waals surface area (Å²) in [5.41, 5.74) is 3.71. The van der Waals surface area contributed by atoms with Crippen molar-refractivity contribution >= 4 is 12.4 Å². The second-order valence-corrected chi connectivity index (χ2v) is 5.77. The van der Waals surface area contributed by atoms with E-state index in [0.29, 0.717) is 6.61 Å². The van der Waals surface area contributed by atoms with Crippen molar-refractivity contribution in [3.8, 4) is 5.75 Å². The van der Waals surface area contributed by atoms with Gasteiger partial charge in [-0.3, -0.25) is 0 Å². The molecule has 0 atom stereocenters. The Hall–Kier alpha value is -1.51. The third-order valence-corrected chi connectivity index (χ3v) is 3.76. The van der Waals surface area contributed by atoms with Crippen molar-refractivity contribution in [2.75, 3.05) is 6.54 Å². The van der Waals surface area contributed by atoms with E-state index in [-0.39, 0.29) is 12.4 Å². The Balaban J connectivity index is 0.00000264. The summed E-state index contributed by atoms with van der Waals surface area (Å²) in [6.45, 7) is 6.89. The highest BCUT2D eigenvalue weighted by Gasteiger charge is 2.03. The molecule has 2 rings (SSSR count). The van der Waals surface area contributed by atoms with Gasteiger partial charge in [0.05, 0.1) is 0 Å². The predicted octanol–water partition coefficient (Wildman–Crippen LogP) is 5.28. The molecule has 0 aliphatic heterocycles. The van der Waals surface area contributed by atoms with E-state index >= 15 is 0 Å². The number of benzene rings is 2. The van der Waals surface area contributed by atoms with Gasteiger partial charge in [-0.1, -0.05) is 67.8 Å². The van der Waals surface area contributed by atoms with Crippen LogP contribution in [0.2, 0.25) is 0 Å². The van der Waals surface area contributed by atoms with Crippen LogP contribution < -0.4 is 10.1 Å². The fourth-order valence-corrected chi connectivity index (χ4v) is 2.36. The van der Waals surface area contributed by atoms with Crippen LogP contribution in [0.15, 0.2) is 48.5 Å². The minimum atomic E-state index is 0. The lowest BCUT2D eigenvalue weighted by molar-refractivity contribution is 0.302. The normalized spacial score (nSPS) is 10.2. The van der Waals surface area contributed by atoms with E-state index < -0.39 is 0 Å². The van der Waals surface area contributed by atoms with E-state index in [0.717, 1.165) is 18.8 Å². The molecule has 0 unspecified atom stereocenters. The Morgan fingerprint density at radius 3 is 2.43 bits per heavy atom. The average Bonchev–Trinajstić information content (AvgIpc) is 2.55. The van der Waals surface area contributed by atoms with E-state index in [1.165, 1.54) is 36.0 Å². The van der Waals surface area contributed by atoms with Crippen molar-refractivity contribution in [2.24, 2.45) is 0 Å². The first kappa shape index (κ1) is 19.5. The molecule has 2 aromatic rings. The number of hydrogen-bond acceptors (Lipinski definition) is 2. The van der Waals surface area contributed by atoms with Crippen LogP contribution in [0.1, 0.15) is 42.9 Å². The Morgan fingerprint density at radius 1 is 0.957 bits per heavy atom. The van der Waals surface area contributed by atoms with Crippen molar-refractivity contribution in [1.82, 2.24) is 5.32 Å². The molecule has 0 aliphatic rings. The summed E-state index contributed by atoms with van der Waals surface area (Å²) in [4.78, 5) is 0. The van der Waals surface area contributed by atoms with Gasteiger partial charge in [0.1, 0.15) is 12.4 Å². The summed E-state index contributed by atoms with van der Waals surface area (Å²) < 4.78 is 6.00. The summed E-state index contributed by atoms with van der Waals surface area (Å²) in [6, 6.07) is 16.8. The van der Waals surface area contributed by atoms with Crippen molar-refractivity contribution in [1.29, 1.82) is 0 Å². The molecule has 2 aromatic carbocycles. The fourth-order valence-electron chi connectivity index (χ4n) is 2.36. The Kier molecular flexibility index (Phi) is 9.42. The minimum Gasteiger partial charge on any atom is -0.489 e. The molecule has 2 nitrogen and oxygen atoms in total. The van der Waals surface area contributed by atoms with Crippen LogP contribution in [0.3, 0.4) is 0 Å². The first-order valence-corrected chi connectivity index (χ1v) is 8.26. The number of aryl methyl sites for hydroxylation is 1. The maximum Gasteiger partial charge on any atom is 0.124 e. The van der Waals surface area contributed by atoms with Gasteiger partial charge >= 0.3 is 0 Å². The van der Waals surface area contributed by atoms with E-state index in [1.54, 1.807) is 0 Å². The van der Waals surface area contributed by atoms with E-state index in [4.69, 9.17) is 4.74 Å². The van der Waals surface area contributed by atoms with Crippen molar-refractivity contribution in [3.05, 3.63) is 65.2 Å². The largest absolute Gasteiger partial charge is 0.489 e. The van der Waals surface area contributed by atoms with Gasteiger partial charge < -0.3 is 10.1 Å². The second-order valence-electron chi connectivity index (χ2n) is 5.77. The molecular weight excluding hydrogens is 306 g/mol. The smallest absolute Gasteiger partial charge is 0.124 e. The van der Waals surface area contributed by atoms with Crippen LogP contribution >= 0.6 is 12.4 Å². The minimum absolute atomic E-state index is 0. The highest BCUT2D eigenvalue weighted by molar-refractivity contribution is 5.85. The molecule has 126 valence electrons. The van der Waals surface area contributed by atoms with Crippen LogP contribution in [0, 0.1) is 6.92 Å². The lowest BCUT2D eigenvalue weighted by Crippen LogP contribution is -2.15. The Morgan fingerprint density at radius 2 is 1.70 bits per heavy atom. The van der Waals surface area contributed by atoms with Crippen molar-refractivity contribution in [2.45, 2.75) is 46.3 Å². The number of nitrogens with one attached hydrogen (secondary N) is 1. The van der Waals surface area contributed by atoms with Crippen LogP contribution in [-0.2, 0) is 13.2 Å². The van der Waals surface area contributed by atoms with Gasteiger partial charge in [0.15, 0.2) is 0 Å². The molecule has 0 fully saturated rings. The van der Waals surface area contributed by atoms with E-state index in [1.807, 2.05) is 6.07 Å². The summed E-state index contributed by atoms with van der Waals surface area (Å²) >= 11 is 0. The number of halogens is 1. The van der Waals surface area contributed by atoms with Crippen LogP contribution in [0.25, 0.3) is 0 Å². The maximum atomic E-state index is 6.00. The molecule has 0 aliphatic carbocycles. The highest BCUT2D eigenvalue weighted by atomic mass is 35.5. The van der Waals surface area contributed by atoms with E-state index in [2.05, 4.69) is 61.6 Å². The number of rotatable bonds is 9. The third-order valence-electron chi connectivity index (χ3n) is 3.76. The number of para-hydroxylation sites is 1. The molecule has 0 saturated carbocycles. The highest BCUT2D eigenvalue weighted by Crippen LogP contribution is 2.19. The Labute approximate surface area is 146 Å². The van der Waals surface area contributed by atoms with Gasteiger partial charge in [-0.15, -0.1) is 12.4 Å². The molecule has 0 aromatic heterocycles. The molecule has 0 amide bonds. The molecule has 0 bridgehead atoms. The zero-order valence-electron chi connectivity index (χ0n) is 14.2. The third kappa shape index (κ3) is 7.06. The monoisotopic (exact) mass is 333 g/mol. The topological polar surface area (TPSA) is 21.3 Å². The zero-order chi connectivity index (χ0) is 15.6. The van der Waals surface area contributed by atoms with Gasteiger partial charge in [-0.05, 0) is 31.5 Å². The number of ether oxygens (including phenoxy) is 1. The van der Waals surface area contributed by atoms with Crippen LogP contribution in [0.5, 0.6) is 5.75 Å². The van der Waals surface area contributed by atoms with Gasteiger partial charge in [0.25, 0.3) is 0 Å².